The van der Waals surface area contributed by atoms with Crippen molar-refractivity contribution in [3.8, 4) is 11.4 Å². The summed E-state index contributed by atoms with van der Waals surface area (Å²) < 4.78 is 10.9. The zero-order chi connectivity index (χ0) is 20.9. The smallest absolute Gasteiger partial charge is 0.251 e. The van der Waals surface area contributed by atoms with Gasteiger partial charge in [0, 0.05) is 50.4 Å². The van der Waals surface area contributed by atoms with Gasteiger partial charge in [-0.2, -0.15) is 4.98 Å². The van der Waals surface area contributed by atoms with Crippen LogP contribution >= 0.6 is 11.6 Å². The Morgan fingerprint density at radius 1 is 1.30 bits per heavy atom. The number of guanidine groups is 1. The van der Waals surface area contributed by atoms with Gasteiger partial charge in [-0.25, -0.2) is 0 Å². The van der Waals surface area contributed by atoms with Crippen LogP contribution in [0.2, 0.25) is 5.02 Å². The maximum absolute atomic E-state index is 12.5. The number of amides is 1. The maximum Gasteiger partial charge on any atom is 0.251 e. The van der Waals surface area contributed by atoms with Crippen LogP contribution in [-0.2, 0) is 16.1 Å². The first-order valence-electron chi connectivity index (χ1n) is 10.1. The Kier molecular flexibility index (Phi) is 6.49. The third kappa shape index (κ3) is 4.73. The number of carbonyl (C=O) groups is 1. The Labute approximate surface area is 180 Å². The highest BCUT2D eigenvalue weighted by Crippen LogP contribution is 2.20. The second-order valence-electron chi connectivity index (χ2n) is 7.24. The molecule has 160 valence electrons. The van der Waals surface area contributed by atoms with E-state index in [9.17, 15) is 4.79 Å². The summed E-state index contributed by atoms with van der Waals surface area (Å²) in [5.41, 5.74) is 0.800. The summed E-state index contributed by atoms with van der Waals surface area (Å²) in [6.07, 6.45) is 1.52. The quantitative estimate of drug-likeness (QED) is 0.581. The van der Waals surface area contributed by atoms with Crippen molar-refractivity contribution in [3.63, 3.8) is 0 Å². The molecule has 0 aliphatic carbocycles. The Bertz CT molecular complexity index is 903. The summed E-state index contributed by atoms with van der Waals surface area (Å²) in [5.74, 6) is 1.79. The Morgan fingerprint density at radius 2 is 2.10 bits per heavy atom. The fourth-order valence-corrected chi connectivity index (χ4v) is 3.86. The molecule has 1 atom stereocenters. The average Bonchev–Trinajstić information content (AvgIpc) is 3.47. The van der Waals surface area contributed by atoms with E-state index in [1.807, 2.05) is 17.0 Å². The molecule has 1 aromatic carbocycles. The number of benzene rings is 1. The minimum absolute atomic E-state index is 0.106. The second-order valence-corrected chi connectivity index (χ2v) is 7.67. The van der Waals surface area contributed by atoms with Crippen LogP contribution in [0.1, 0.15) is 18.7 Å². The van der Waals surface area contributed by atoms with E-state index in [4.69, 9.17) is 20.9 Å². The van der Waals surface area contributed by atoms with Gasteiger partial charge >= 0.3 is 0 Å². The zero-order valence-electron chi connectivity index (χ0n) is 16.9. The fourth-order valence-electron chi connectivity index (χ4n) is 3.67. The molecule has 2 saturated heterocycles. The summed E-state index contributed by atoms with van der Waals surface area (Å²) in [7, 11) is 1.73. The van der Waals surface area contributed by atoms with Gasteiger partial charge in [0.2, 0.25) is 11.7 Å². The van der Waals surface area contributed by atoms with E-state index in [1.54, 1.807) is 19.2 Å². The minimum Gasteiger partial charge on any atom is -0.368 e. The molecule has 9 nitrogen and oxygen atoms in total. The molecular formula is C20H25ClN6O3. The molecule has 1 N–H and O–H groups in total. The molecule has 2 aliphatic rings. The Balaban J connectivity index is 1.29. The van der Waals surface area contributed by atoms with E-state index < -0.39 is 0 Å². The molecule has 1 unspecified atom stereocenters. The first-order valence-corrected chi connectivity index (χ1v) is 10.5. The highest BCUT2D eigenvalue weighted by atomic mass is 35.5. The molecular weight excluding hydrogens is 408 g/mol. The van der Waals surface area contributed by atoms with E-state index in [2.05, 4.69) is 25.3 Å². The predicted octanol–water partition coefficient (Wildman–Crippen LogP) is 1.79. The van der Waals surface area contributed by atoms with Gasteiger partial charge in [-0.1, -0.05) is 28.9 Å². The number of nitrogens with one attached hydrogen (secondary N) is 1. The Hall–Kier alpha value is -2.65. The van der Waals surface area contributed by atoms with Gasteiger partial charge < -0.3 is 24.4 Å². The monoisotopic (exact) mass is 432 g/mol. The SMILES string of the molecule is CN=C(NCc1nc(-c2cccc(Cl)c2)no1)N1CCN(C(=O)C2CCCO2)CC1. The van der Waals surface area contributed by atoms with Crippen molar-refractivity contribution in [1.82, 2.24) is 25.3 Å². The number of hydrogen-bond acceptors (Lipinski definition) is 6. The van der Waals surface area contributed by atoms with Gasteiger partial charge in [-0.05, 0) is 25.0 Å². The summed E-state index contributed by atoms with van der Waals surface area (Å²) in [4.78, 5) is 25.3. The molecule has 0 bridgehead atoms. The zero-order valence-corrected chi connectivity index (χ0v) is 17.6. The normalized spacial score (nSPS) is 19.9. The number of nitrogens with zero attached hydrogens (tertiary/aromatic N) is 5. The molecule has 0 radical (unpaired) electrons. The van der Waals surface area contributed by atoms with Crippen molar-refractivity contribution in [2.75, 3.05) is 39.8 Å². The predicted molar refractivity (Wildman–Crippen MR) is 112 cm³/mol. The fraction of sp³-hybridized carbons (Fsp3) is 0.500. The van der Waals surface area contributed by atoms with Crippen LogP contribution in [0.4, 0.5) is 0 Å². The highest BCUT2D eigenvalue weighted by Gasteiger charge is 2.31. The van der Waals surface area contributed by atoms with E-state index in [-0.39, 0.29) is 12.0 Å². The first kappa shape index (κ1) is 20.6. The van der Waals surface area contributed by atoms with Crippen molar-refractivity contribution in [1.29, 1.82) is 0 Å². The number of rotatable bonds is 4. The standard InChI is InChI=1S/C20H25ClN6O3/c1-22-20(27-9-7-26(8-10-27)19(28)16-6-3-11-29-16)23-13-17-24-18(25-30-17)14-4-2-5-15(21)12-14/h2,4-5,12,16H,3,6-11,13H2,1H3,(H,22,23). The molecule has 2 aliphatic heterocycles. The van der Waals surface area contributed by atoms with Crippen molar-refractivity contribution in [2.24, 2.45) is 4.99 Å². The summed E-state index contributed by atoms with van der Waals surface area (Å²) >= 11 is 6.02. The van der Waals surface area contributed by atoms with Crippen molar-refractivity contribution in [2.45, 2.75) is 25.5 Å². The number of halogens is 1. The minimum atomic E-state index is -0.264. The van der Waals surface area contributed by atoms with Crippen LogP contribution in [-0.4, -0.2) is 77.7 Å². The lowest BCUT2D eigenvalue weighted by Gasteiger charge is -2.37. The largest absolute Gasteiger partial charge is 0.368 e. The topological polar surface area (TPSA) is 96.1 Å². The van der Waals surface area contributed by atoms with Gasteiger partial charge in [0.1, 0.15) is 6.10 Å². The third-order valence-electron chi connectivity index (χ3n) is 5.26. The number of ether oxygens (including phenoxy) is 1. The first-order chi connectivity index (χ1) is 14.6. The lowest BCUT2D eigenvalue weighted by molar-refractivity contribution is -0.142. The molecule has 1 amide bonds. The Morgan fingerprint density at radius 3 is 2.80 bits per heavy atom. The molecule has 3 heterocycles. The summed E-state index contributed by atoms with van der Waals surface area (Å²) in [6.45, 7) is 3.75. The van der Waals surface area contributed by atoms with Crippen LogP contribution in [0.25, 0.3) is 11.4 Å². The van der Waals surface area contributed by atoms with E-state index in [0.717, 1.165) is 24.4 Å². The van der Waals surface area contributed by atoms with Crippen molar-refractivity contribution >= 4 is 23.5 Å². The van der Waals surface area contributed by atoms with Gasteiger partial charge in [-0.15, -0.1) is 0 Å². The molecule has 0 spiro atoms. The number of carbonyl (C=O) groups excluding carboxylic acids is 1. The van der Waals surface area contributed by atoms with Gasteiger partial charge in [-0.3, -0.25) is 9.79 Å². The van der Waals surface area contributed by atoms with E-state index in [0.29, 0.717) is 56.1 Å². The molecule has 1 aromatic heterocycles. The maximum atomic E-state index is 12.5. The van der Waals surface area contributed by atoms with Crippen molar-refractivity contribution in [3.05, 3.63) is 35.2 Å². The molecule has 0 saturated carbocycles. The third-order valence-corrected chi connectivity index (χ3v) is 5.49. The van der Waals surface area contributed by atoms with Crippen molar-refractivity contribution < 1.29 is 14.1 Å². The molecule has 2 fully saturated rings. The lowest BCUT2D eigenvalue weighted by Crippen LogP contribution is -2.55. The van der Waals surface area contributed by atoms with Crippen LogP contribution in [0.15, 0.2) is 33.8 Å². The van der Waals surface area contributed by atoms with Gasteiger partial charge in [0.05, 0.1) is 6.54 Å². The van der Waals surface area contributed by atoms with E-state index in [1.165, 1.54) is 0 Å². The van der Waals surface area contributed by atoms with E-state index >= 15 is 0 Å². The van der Waals surface area contributed by atoms with Crippen LogP contribution in [0, 0.1) is 0 Å². The molecule has 30 heavy (non-hydrogen) atoms. The average molecular weight is 433 g/mol. The molecule has 2 aromatic rings. The lowest BCUT2D eigenvalue weighted by atomic mass is 10.2. The molecule has 4 rings (SSSR count). The van der Waals surface area contributed by atoms with Crippen LogP contribution in [0.3, 0.4) is 0 Å². The number of hydrogen-bond donors (Lipinski definition) is 1. The second kappa shape index (κ2) is 9.44. The number of aliphatic imine (C=N–C) groups is 1. The van der Waals surface area contributed by atoms with Crippen LogP contribution < -0.4 is 5.32 Å². The van der Waals surface area contributed by atoms with Gasteiger partial charge in [0.25, 0.3) is 5.91 Å². The summed E-state index contributed by atoms with van der Waals surface area (Å²) in [6, 6.07) is 7.31. The molecule has 10 heteroatoms. The number of piperazine rings is 1. The number of aromatic nitrogens is 2. The van der Waals surface area contributed by atoms with Crippen LogP contribution in [0.5, 0.6) is 0 Å². The summed E-state index contributed by atoms with van der Waals surface area (Å²) in [5, 5.41) is 7.89. The van der Waals surface area contributed by atoms with Gasteiger partial charge in [0.15, 0.2) is 5.96 Å². The highest BCUT2D eigenvalue weighted by molar-refractivity contribution is 6.30.